The number of amides is 1. The topological polar surface area (TPSA) is 112 Å². The summed E-state index contributed by atoms with van der Waals surface area (Å²) in [5.74, 6) is -0.808. The van der Waals surface area contributed by atoms with E-state index in [9.17, 15) is 19.2 Å². The van der Waals surface area contributed by atoms with E-state index in [1.165, 1.54) is 6.33 Å². The number of rotatable bonds is 5. The van der Waals surface area contributed by atoms with Crippen LogP contribution in [0.15, 0.2) is 33.7 Å². The van der Waals surface area contributed by atoms with Gasteiger partial charge in [0.05, 0.1) is 19.6 Å². The van der Waals surface area contributed by atoms with Crippen molar-refractivity contribution in [1.29, 1.82) is 0 Å². The molecule has 9 heteroatoms. The summed E-state index contributed by atoms with van der Waals surface area (Å²) < 4.78 is 11.6. The summed E-state index contributed by atoms with van der Waals surface area (Å²) in [6.45, 7) is 3.09. The molecule has 2 aromatic heterocycles. The van der Waals surface area contributed by atoms with Gasteiger partial charge in [-0.15, -0.1) is 0 Å². The molecule has 0 N–H and O–H groups in total. The molecule has 0 saturated heterocycles. The first kappa shape index (κ1) is 19.6. The van der Waals surface area contributed by atoms with Crippen LogP contribution in [-0.2, 0) is 22.5 Å². The number of nitrogens with zero attached hydrogens (tertiary/aromatic N) is 3. The van der Waals surface area contributed by atoms with Crippen LogP contribution in [0.3, 0.4) is 0 Å². The largest absolute Gasteiger partial charge is 0.462 e. The SMILES string of the molecule is CCOC(=O)c1c(C)oc2ncn(CC(=O)c3ccc4c(c3)CC(=O)N4C)c(=O)c12. The minimum absolute atomic E-state index is 0.0116. The molecule has 1 aromatic carbocycles. The Morgan fingerprint density at radius 2 is 2.03 bits per heavy atom. The molecule has 0 bridgehead atoms. The third kappa shape index (κ3) is 3.08. The molecule has 0 fully saturated rings. The lowest BCUT2D eigenvalue weighted by atomic mass is 10.0. The molecule has 0 aliphatic carbocycles. The van der Waals surface area contributed by atoms with Crippen LogP contribution in [0.25, 0.3) is 11.1 Å². The van der Waals surface area contributed by atoms with Crippen LogP contribution < -0.4 is 10.5 Å². The summed E-state index contributed by atoms with van der Waals surface area (Å²) in [6, 6.07) is 5.01. The molecule has 0 radical (unpaired) electrons. The van der Waals surface area contributed by atoms with Gasteiger partial charge < -0.3 is 14.1 Å². The number of Topliss-reactive ketones (excluding diaryl/α,β-unsaturated/α-hetero) is 1. The van der Waals surface area contributed by atoms with E-state index in [1.54, 1.807) is 44.0 Å². The predicted octanol–water partition coefficient (Wildman–Crippen LogP) is 1.88. The molecule has 3 aromatic rings. The van der Waals surface area contributed by atoms with Gasteiger partial charge in [0.25, 0.3) is 5.56 Å². The number of aromatic nitrogens is 2. The number of benzene rings is 1. The summed E-state index contributed by atoms with van der Waals surface area (Å²) in [5, 5.41) is -0.0116. The third-order valence-electron chi connectivity index (χ3n) is 5.13. The second-order valence-electron chi connectivity index (χ2n) is 7.01. The molecule has 3 heterocycles. The molecular formula is C21H19N3O6. The molecule has 0 saturated carbocycles. The van der Waals surface area contributed by atoms with Gasteiger partial charge in [-0.05, 0) is 37.6 Å². The van der Waals surface area contributed by atoms with Crippen molar-refractivity contribution in [3.8, 4) is 0 Å². The van der Waals surface area contributed by atoms with E-state index in [0.29, 0.717) is 5.56 Å². The van der Waals surface area contributed by atoms with Crippen LogP contribution in [0.4, 0.5) is 5.69 Å². The number of carbonyl (C=O) groups is 3. The van der Waals surface area contributed by atoms with Crippen LogP contribution in [0.2, 0.25) is 0 Å². The fraction of sp³-hybridized carbons (Fsp3) is 0.286. The smallest absolute Gasteiger partial charge is 0.342 e. The first-order valence-electron chi connectivity index (χ1n) is 9.40. The Bertz CT molecular complexity index is 1270. The summed E-state index contributed by atoms with van der Waals surface area (Å²) in [5.41, 5.74) is 1.39. The van der Waals surface area contributed by atoms with Gasteiger partial charge in [0, 0.05) is 18.3 Å². The lowest BCUT2D eigenvalue weighted by Crippen LogP contribution is -2.25. The number of anilines is 1. The Kier molecular flexibility index (Phi) is 4.73. The highest BCUT2D eigenvalue weighted by Crippen LogP contribution is 2.28. The minimum Gasteiger partial charge on any atom is -0.462 e. The van der Waals surface area contributed by atoms with Crippen LogP contribution in [0, 0.1) is 6.92 Å². The van der Waals surface area contributed by atoms with Gasteiger partial charge in [0.15, 0.2) is 5.78 Å². The van der Waals surface area contributed by atoms with E-state index in [4.69, 9.17) is 9.15 Å². The summed E-state index contributed by atoms with van der Waals surface area (Å²) in [4.78, 5) is 55.5. The van der Waals surface area contributed by atoms with Gasteiger partial charge in [0.2, 0.25) is 11.6 Å². The lowest BCUT2D eigenvalue weighted by molar-refractivity contribution is -0.117. The van der Waals surface area contributed by atoms with E-state index in [1.807, 2.05) is 0 Å². The van der Waals surface area contributed by atoms with Crippen molar-refractivity contribution >= 4 is 34.4 Å². The quantitative estimate of drug-likeness (QED) is 0.467. The maximum Gasteiger partial charge on any atom is 0.342 e. The van der Waals surface area contributed by atoms with Gasteiger partial charge in [0.1, 0.15) is 23.0 Å². The van der Waals surface area contributed by atoms with Crippen molar-refractivity contribution in [1.82, 2.24) is 9.55 Å². The Morgan fingerprint density at radius 3 is 2.77 bits per heavy atom. The van der Waals surface area contributed by atoms with Crippen molar-refractivity contribution < 1.29 is 23.5 Å². The van der Waals surface area contributed by atoms with Crippen LogP contribution in [0.5, 0.6) is 0 Å². The van der Waals surface area contributed by atoms with E-state index in [2.05, 4.69) is 4.98 Å². The normalized spacial score (nSPS) is 13.0. The summed E-state index contributed by atoms with van der Waals surface area (Å²) in [6.07, 6.45) is 1.45. The maximum absolute atomic E-state index is 13.0. The number of likely N-dealkylation sites (N-methyl/N-ethyl adjacent to an activating group) is 1. The molecule has 1 amide bonds. The van der Waals surface area contributed by atoms with E-state index < -0.39 is 11.5 Å². The Hall–Kier alpha value is -3.75. The number of carbonyl (C=O) groups excluding carboxylic acids is 3. The third-order valence-corrected chi connectivity index (χ3v) is 5.13. The minimum atomic E-state index is -0.677. The molecule has 4 rings (SSSR count). The maximum atomic E-state index is 13.0. The fourth-order valence-electron chi connectivity index (χ4n) is 3.59. The van der Waals surface area contributed by atoms with Gasteiger partial charge >= 0.3 is 5.97 Å². The van der Waals surface area contributed by atoms with E-state index in [0.717, 1.165) is 15.8 Å². The van der Waals surface area contributed by atoms with Gasteiger partial charge in [-0.25, -0.2) is 9.78 Å². The summed E-state index contributed by atoms with van der Waals surface area (Å²) >= 11 is 0. The number of esters is 1. The van der Waals surface area contributed by atoms with E-state index >= 15 is 0 Å². The number of ketones is 1. The molecule has 1 aliphatic heterocycles. The molecule has 0 unspecified atom stereocenters. The molecule has 1 aliphatic rings. The second-order valence-corrected chi connectivity index (χ2v) is 7.01. The number of aryl methyl sites for hydroxylation is 1. The average Bonchev–Trinajstić information content (AvgIpc) is 3.20. The van der Waals surface area contributed by atoms with Gasteiger partial charge in [-0.1, -0.05) is 0 Å². The average molecular weight is 409 g/mol. The zero-order valence-corrected chi connectivity index (χ0v) is 16.7. The Balaban J connectivity index is 1.69. The molecule has 154 valence electrons. The Labute approximate surface area is 170 Å². The number of furan rings is 1. The van der Waals surface area contributed by atoms with E-state index in [-0.39, 0.29) is 53.7 Å². The first-order chi connectivity index (χ1) is 14.3. The molecular weight excluding hydrogens is 390 g/mol. The second kappa shape index (κ2) is 7.25. The molecule has 9 nitrogen and oxygen atoms in total. The molecule has 0 spiro atoms. The van der Waals surface area contributed by atoms with Crippen molar-refractivity contribution in [2.45, 2.75) is 26.8 Å². The monoisotopic (exact) mass is 409 g/mol. The number of hydrogen-bond acceptors (Lipinski definition) is 7. The number of fused-ring (bicyclic) bond motifs is 2. The van der Waals surface area contributed by atoms with Crippen LogP contribution in [-0.4, -0.2) is 40.9 Å². The lowest BCUT2D eigenvalue weighted by Gasteiger charge is -2.10. The van der Waals surface area contributed by atoms with Crippen LogP contribution >= 0.6 is 0 Å². The number of hydrogen-bond donors (Lipinski definition) is 0. The fourth-order valence-corrected chi connectivity index (χ4v) is 3.59. The van der Waals surface area contributed by atoms with Crippen molar-refractivity contribution in [2.75, 3.05) is 18.6 Å². The van der Waals surface area contributed by atoms with Crippen molar-refractivity contribution in [3.05, 3.63) is 57.3 Å². The Morgan fingerprint density at radius 1 is 1.27 bits per heavy atom. The summed E-state index contributed by atoms with van der Waals surface area (Å²) in [7, 11) is 1.68. The standard InChI is InChI=1S/C21H19N3O6/c1-4-29-21(28)17-11(2)30-19-18(17)20(27)24(10-22-19)9-15(25)12-5-6-14-13(7-12)8-16(26)23(14)3/h5-7,10H,4,8-9H2,1-3H3. The van der Waals surface area contributed by atoms with Crippen LogP contribution in [0.1, 0.15) is 39.0 Å². The first-order valence-corrected chi connectivity index (χ1v) is 9.40. The highest BCUT2D eigenvalue weighted by Gasteiger charge is 2.26. The van der Waals surface area contributed by atoms with Gasteiger partial charge in [-0.3, -0.25) is 19.0 Å². The molecule has 0 atom stereocenters. The zero-order chi connectivity index (χ0) is 21.6. The highest BCUT2D eigenvalue weighted by molar-refractivity contribution is 6.04. The van der Waals surface area contributed by atoms with Crippen molar-refractivity contribution in [3.63, 3.8) is 0 Å². The van der Waals surface area contributed by atoms with Crippen molar-refractivity contribution in [2.24, 2.45) is 0 Å². The highest BCUT2D eigenvalue weighted by atomic mass is 16.5. The molecule has 30 heavy (non-hydrogen) atoms. The zero-order valence-electron chi connectivity index (χ0n) is 16.7. The predicted molar refractivity (Wildman–Crippen MR) is 107 cm³/mol. The number of ether oxygens (including phenoxy) is 1. The van der Waals surface area contributed by atoms with Gasteiger partial charge in [-0.2, -0.15) is 0 Å².